The van der Waals surface area contributed by atoms with E-state index in [1.165, 1.54) is 26.9 Å². The smallest absolute Gasteiger partial charge is 0.195 e. The number of aryl methyl sites for hydroxylation is 2. The maximum absolute atomic E-state index is 4.57. The monoisotopic (exact) mass is 278 g/mol. The first-order chi connectivity index (χ1) is 9.72. The number of hydrogen-bond acceptors (Lipinski definition) is 2. The predicted octanol–water partition coefficient (Wildman–Crippen LogP) is 4.83. The third kappa shape index (κ3) is 1.67. The van der Waals surface area contributed by atoms with Gasteiger partial charge in [-0.3, -0.25) is 4.40 Å². The molecule has 2 heterocycles. The van der Waals surface area contributed by atoms with Crippen LogP contribution in [-0.2, 0) is 0 Å². The average molecular weight is 278 g/mol. The molecule has 0 spiro atoms. The van der Waals surface area contributed by atoms with Crippen LogP contribution in [0.1, 0.15) is 11.1 Å². The molecule has 0 fully saturated rings. The van der Waals surface area contributed by atoms with E-state index < -0.39 is 0 Å². The minimum Gasteiger partial charge on any atom is -0.283 e. The van der Waals surface area contributed by atoms with E-state index in [4.69, 9.17) is 0 Å². The summed E-state index contributed by atoms with van der Waals surface area (Å²) in [6, 6.07) is 15.2. The van der Waals surface area contributed by atoms with Gasteiger partial charge in [-0.25, -0.2) is 4.98 Å². The fraction of sp³-hybridized carbons (Fsp3) is 0.118. The highest BCUT2D eigenvalue weighted by atomic mass is 32.1. The van der Waals surface area contributed by atoms with Crippen LogP contribution >= 0.6 is 11.3 Å². The number of hydrogen-bond donors (Lipinski definition) is 0. The lowest BCUT2D eigenvalue weighted by Crippen LogP contribution is -1.86. The van der Waals surface area contributed by atoms with Crippen molar-refractivity contribution < 1.29 is 0 Å². The minimum atomic E-state index is 1.06. The highest BCUT2D eigenvalue weighted by Crippen LogP contribution is 2.31. The largest absolute Gasteiger partial charge is 0.283 e. The predicted molar refractivity (Wildman–Crippen MR) is 85.5 cm³/mol. The second-order valence-corrected chi connectivity index (χ2v) is 6.21. The molecule has 3 heteroatoms. The van der Waals surface area contributed by atoms with Crippen molar-refractivity contribution in [1.29, 1.82) is 0 Å². The van der Waals surface area contributed by atoms with Crippen LogP contribution in [0.3, 0.4) is 0 Å². The summed E-state index contributed by atoms with van der Waals surface area (Å²) in [5.41, 5.74) is 6.18. The Hall–Kier alpha value is -2.13. The van der Waals surface area contributed by atoms with Crippen molar-refractivity contribution in [2.45, 2.75) is 13.8 Å². The molecule has 0 saturated carbocycles. The standard InChI is InChI=1S/C17H14N2S/c1-11-3-6-13(7-4-11)15-10-18-17-19(15)14-9-12(2)5-8-16(14)20-17/h3-10H,1-2H3. The number of aromatic nitrogens is 2. The first-order valence-electron chi connectivity index (χ1n) is 6.66. The van der Waals surface area contributed by atoms with E-state index in [9.17, 15) is 0 Å². The Labute approximate surface area is 121 Å². The Kier molecular flexibility index (Phi) is 2.44. The summed E-state index contributed by atoms with van der Waals surface area (Å²) >= 11 is 1.74. The molecule has 0 unspecified atom stereocenters. The molecule has 0 aliphatic carbocycles. The number of thiazole rings is 1. The lowest BCUT2D eigenvalue weighted by molar-refractivity contribution is 1.29. The fourth-order valence-electron chi connectivity index (χ4n) is 2.55. The van der Waals surface area contributed by atoms with E-state index in [2.05, 4.69) is 65.7 Å². The average Bonchev–Trinajstić information content (AvgIpc) is 2.99. The minimum absolute atomic E-state index is 1.06. The van der Waals surface area contributed by atoms with E-state index in [0.29, 0.717) is 0 Å². The molecule has 0 radical (unpaired) electrons. The third-order valence-corrected chi connectivity index (χ3v) is 4.67. The number of benzene rings is 2. The van der Waals surface area contributed by atoms with Gasteiger partial charge < -0.3 is 0 Å². The van der Waals surface area contributed by atoms with E-state index >= 15 is 0 Å². The van der Waals surface area contributed by atoms with Gasteiger partial charge in [-0.1, -0.05) is 47.2 Å². The molecule has 0 aliphatic rings. The van der Waals surface area contributed by atoms with Gasteiger partial charge in [0, 0.05) is 5.56 Å². The Bertz CT molecular complexity index is 913. The normalized spacial score (nSPS) is 11.5. The zero-order valence-electron chi connectivity index (χ0n) is 11.4. The van der Waals surface area contributed by atoms with Crippen LogP contribution in [0.5, 0.6) is 0 Å². The van der Waals surface area contributed by atoms with Crippen molar-refractivity contribution in [3.63, 3.8) is 0 Å². The van der Waals surface area contributed by atoms with Gasteiger partial charge in [0.25, 0.3) is 0 Å². The topological polar surface area (TPSA) is 17.3 Å². The van der Waals surface area contributed by atoms with Crippen LogP contribution < -0.4 is 0 Å². The van der Waals surface area contributed by atoms with Gasteiger partial charge in [-0.2, -0.15) is 0 Å². The van der Waals surface area contributed by atoms with Crippen molar-refractivity contribution in [3.05, 3.63) is 59.8 Å². The summed E-state index contributed by atoms with van der Waals surface area (Å²) in [4.78, 5) is 5.62. The number of imidazole rings is 1. The van der Waals surface area contributed by atoms with Gasteiger partial charge in [0.1, 0.15) is 0 Å². The van der Waals surface area contributed by atoms with Gasteiger partial charge in [0.05, 0.1) is 22.1 Å². The molecule has 0 bridgehead atoms. The van der Waals surface area contributed by atoms with Gasteiger partial charge in [0.15, 0.2) is 4.96 Å². The first-order valence-corrected chi connectivity index (χ1v) is 7.48. The highest BCUT2D eigenvalue weighted by molar-refractivity contribution is 7.23. The summed E-state index contributed by atoms with van der Waals surface area (Å²) in [5, 5.41) is 0. The fourth-order valence-corrected chi connectivity index (χ4v) is 3.54. The molecule has 20 heavy (non-hydrogen) atoms. The molecule has 2 nitrogen and oxygen atoms in total. The van der Waals surface area contributed by atoms with E-state index in [-0.39, 0.29) is 0 Å². The first kappa shape index (κ1) is 11.7. The Morgan fingerprint density at radius 1 is 0.950 bits per heavy atom. The zero-order valence-corrected chi connectivity index (χ0v) is 12.2. The van der Waals surface area contributed by atoms with Crippen LogP contribution in [0.25, 0.3) is 26.4 Å². The van der Waals surface area contributed by atoms with Crippen molar-refractivity contribution in [3.8, 4) is 11.3 Å². The van der Waals surface area contributed by atoms with Gasteiger partial charge >= 0.3 is 0 Å². The van der Waals surface area contributed by atoms with E-state index in [1.54, 1.807) is 11.3 Å². The molecule has 4 rings (SSSR count). The Balaban J connectivity index is 2.06. The number of fused-ring (bicyclic) bond motifs is 3. The van der Waals surface area contributed by atoms with Gasteiger partial charge in [-0.05, 0) is 31.5 Å². The van der Waals surface area contributed by atoms with Crippen molar-refractivity contribution in [1.82, 2.24) is 9.38 Å². The molecule has 4 aromatic rings. The summed E-state index contributed by atoms with van der Waals surface area (Å²) < 4.78 is 3.55. The summed E-state index contributed by atoms with van der Waals surface area (Å²) in [5.74, 6) is 0. The molecular weight excluding hydrogens is 264 g/mol. The third-order valence-electron chi connectivity index (χ3n) is 3.63. The second-order valence-electron chi connectivity index (χ2n) is 5.20. The van der Waals surface area contributed by atoms with Crippen LogP contribution in [0.4, 0.5) is 0 Å². The lowest BCUT2D eigenvalue weighted by atomic mass is 10.1. The van der Waals surface area contributed by atoms with Gasteiger partial charge in [0.2, 0.25) is 0 Å². The molecule has 0 saturated heterocycles. The van der Waals surface area contributed by atoms with Crippen LogP contribution in [-0.4, -0.2) is 9.38 Å². The van der Waals surface area contributed by atoms with Crippen molar-refractivity contribution >= 4 is 26.5 Å². The summed E-state index contributed by atoms with van der Waals surface area (Å²) in [7, 11) is 0. The SMILES string of the molecule is Cc1ccc(-c2cnc3sc4ccc(C)cc4n23)cc1. The van der Waals surface area contributed by atoms with E-state index in [1.807, 2.05) is 6.20 Å². The maximum Gasteiger partial charge on any atom is 0.195 e. The van der Waals surface area contributed by atoms with Gasteiger partial charge in [-0.15, -0.1) is 0 Å². The summed E-state index contributed by atoms with van der Waals surface area (Å²) in [6.07, 6.45) is 1.97. The maximum atomic E-state index is 4.57. The molecule has 2 aromatic heterocycles. The summed E-state index contributed by atoms with van der Waals surface area (Å²) in [6.45, 7) is 4.24. The Morgan fingerprint density at radius 2 is 1.70 bits per heavy atom. The zero-order chi connectivity index (χ0) is 13.7. The highest BCUT2D eigenvalue weighted by Gasteiger charge is 2.11. The van der Waals surface area contributed by atoms with Crippen LogP contribution in [0.15, 0.2) is 48.7 Å². The molecule has 0 N–H and O–H groups in total. The van der Waals surface area contributed by atoms with Crippen LogP contribution in [0, 0.1) is 13.8 Å². The second kappa shape index (κ2) is 4.18. The quantitative estimate of drug-likeness (QED) is 0.487. The molecule has 0 aliphatic heterocycles. The molecule has 0 atom stereocenters. The van der Waals surface area contributed by atoms with Crippen molar-refractivity contribution in [2.75, 3.05) is 0 Å². The van der Waals surface area contributed by atoms with E-state index in [0.717, 1.165) is 10.7 Å². The molecule has 2 aromatic carbocycles. The molecule has 0 amide bonds. The molecule has 98 valence electrons. The number of rotatable bonds is 1. The Morgan fingerprint density at radius 3 is 2.50 bits per heavy atom. The molecular formula is C17H14N2S. The van der Waals surface area contributed by atoms with Crippen molar-refractivity contribution in [2.24, 2.45) is 0 Å². The lowest BCUT2D eigenvalue weighted by Gasteiger charge is -2.02. The van der Waals surface area contributed by atoms with Crippen LogP contribution in [0.2, 0.25) is 0 Å². The number of nitrogens with zero attached hydrogens (tertiary/aromatic N) is 2.